The second-order valence-electron chi connectivity index (χ2n) is 7.44. The Bertz CT molecular complexity index is 1310. The van der Waals surface area contributed by atoms with Crippen LogP contribution in [0.25, 0.3) is 22.6 Å². The van der Waals surface area contributed by atoms with Crippen molar-refractivity contribution in [1.29, 1.82) is 0 Å². The second-order valence-corrected chi connectivity index (χ2v) is 7.44. The van der Waals surface area contributed by atoms with E-state index in [1.165, 1.54) is 24.4 Å². The lowest BCUT2D eigenvalue weighted by atomic mass is 10.2. The van der Waals surface area contributed by atoms with Crippen LogP contribution in [0.2, 0.25) is 0 Å². The average molecular weight is 473 g/mol. The lowest BCUT2D eigenvalue weighted by molar-refractivity contribution is -0.274. The van der Waals surface area contributed by atoms with Crippen LogP contribution in [0, 0.1) is 0 Å². The zero-order valence-corrected chi connectivity index (χ0v) is 17.5. The highest BCUT2D eigenvalue weighted by atomic mass is 19.4. The first-order valence-corrected chi connectivity index (χ1v) is 10.3. The first-order valence-electron chi connectivity index (χ1n) is 10.3. The van der Waals surface area contributed by atoms with Crippen molar-refractivity contribution >= 4 is 28.6 Å². The summed E-state index contributed by atoms with van der Waals surface area (Å²) in [5.41, 5.74) is 1.59. The number of anilines is 2. The second kappa shape index (κ2) is 8.67. The van der Waals surface area contributed by atoms with Gasteiger partial charge in [-0.3, -0.25) is 9.89 Å². The molecule has 1 amide bonds. The van der Waals surface area contributed by atoms with Gasteiger partial charge in [0.1, 0.15) is 17.3 Å². The van der Waals surface area contributed by atoms with Crippen LogP contribution in [0.5, 0.6) is 5.75 Å². The quantitative estimate of drug-likeness (QED) is 0.407. The maximum atomic E-state index is 12.6. The van der Waals surface area contributed by atoms with Crippen LogP contribution in [-0.2, 0) is 4.74 Å². The fraction of sp³-hybridized carbons (Fsp3) is 0.238. The summed E-state index contributed by atoms with van der Waals surface area (Å²) < 4.78 is 46.6. The van der Waals surface area contributed by atoms with E-state index in [9.17, 15) is 18.0 Å². The number of alkyl halides is 3. The summed E-state index contributed by atoms with van der Waals surface area (Å²) in [5, 5.41) is 9.47. The van der Waals surface area contributed by atoms with Gasteiger partial charge in [-0.25, -0.2) is 9.97 Å². The number of carbonyl (C=O) groups excluding carboxylic acids is 1. The van der Waals surface area contributed by atoms with Crippen molar-refractivity contribution in [3.05, 3.63) is 48.2 Å². The van der Waals surface area contributed by atoms with E-state index < -0.39 is 12.3 Å². The molecule has 0 spiro atoms. The standard InChI is InChI=1S/C21H18F3N7O3/c22-21(23,24)34-13-2-3-14-15(9-13)27-19(26-14)16-10-17(30-29-16)28-20(32)12-1-4-18(25-11-12)31-5-7-33-8-6-31/h1-4,9-11H,5-8H2,(H,26,27)(H2,28,29,30,32). The number of halogens is 3. The number of hydrogen-bond donors (Lipinski definition) is 3. The molecular weight excluding hydrogens is 455 g/mol. The van der Waals surface area contributed by atoms with Crippen molar-refractivity contribution in [3.8, 4) is 17.3 Å². The lowest BCUT2D eigenvalue weighted by Crippen LogP contribution is -2.36. The van der Waals surface area contributed by atoms with Gasteiger partial charge in [0.2, 0.25) is 0 Å². The third kappa shape index (κ3) is 4.78. The largest absolute Gasteiger partial charge is 0.573 e. The van der Waals surface area contributed by atoms with Crippen molar-refractivity contribution in [1.82, 2.24) is 25.1 Å². The van der Waals surface area contributed by atoms with E-state index in [1.54, 1.807) is 18.2 Å². The lowest BCUT2D eigenvalue weighted by Gasteiger charge is -2.27. The zero-order valence-electron chi connectivity index (χ0n) is 17.5. The Kier molecular flexibility index (Phi) is 5.53. The molecule has 5 rings (SSSR count). The Balaban J connectivity index is 1.27. The minimum atomic E-state index is -4.79. The number of aromatic amines is 2. The Morgan fingerprint density at radius 2 is 1.97 bits per heavy atom. The van der Waals surface area contributed by atoms with Crippen LogP contribution in [-0.4, -0.2) is 63.7 Å². The summed E-state index contributed by atoms with van der Waals surface area (Å²) in [7, 11) is 0. The first kappa shape index (κ1) is 21.7. The van der Waals surface area contributed by atoms with Crippen molar-refractivity contribution in [3.63, 3.8) is 0 Å². The molecule has 176 valence electrons. The van der Waals surface area contributed by atoms with Gasteiger partial charge < -0.3 is 24.7 Å². The Hall–Kier alpha value is -4.13. The predicted octanol–water partition coefficient (Wildman–Crippen LogP) is 3.34. The van der Waals surface area contributed by atoms with Crippen molar-refractivity contribution < 1.29 is 27.4 Å². The molecule has 4 heterocycles. The van der Waals surface area contributed by atoms with Crippen LogP contribution in [0.1, 0.15) is 10.4 Å². The number of amides is 1. The molecule has 3 N–H and O–H groups in total. The van der Waals surface area contributed by atoms with Gasteiger partial charge in [0.05, 0.1) is 29.8 Å². The van der Waals surface area contributed by atoms with E-state index in [-0.39, 0.29) is 11.6 Å². The number of benzene rings is 1. The Morgan fingerprint density at radius 1 is 1.15 bits per heavy atom. The molecule has 1 saturated heterocycles. The number of imidazole rings is 1. The summed E-state index contributed by atoms with van der Waals surface area (Å²) in [5.74, 6) is 0.608. The number of fused-ring (bicyclic) bond motifs is 1. The molecule has 0 unspecified atom stereocenters. The minimum Gasteiger partial charge on any atom is -0.406 e. The normalized spacial score (nSPS) is 14.4. The van der Waals surface area contributed by atoms with E-state index in [0.29, 0.717) is 41.3 Å². The summed E-state index contributed by atoms with van der Waals surface area (Å²) in [6.07, 6.45) is -3.29. The van der Waals surface area contributed by atoms with Gasteiger partial charge in [-0.15, -0.1) is 13.2 Å². The number of pyridine rings is 1. The number of hydrogen-bond acceptors (Lipinski definition) is 7. The molecule has 34 heavy (non-hydrogen) atoms. The van der Waals surface area contributed by atoms with Crippen LogP contribution < -0.4 is 15.0 Å². The smallest absolute Gasteiger partial charge is 0.406 e. The molecule has 4 aromatic rings. The molecular formula is C21H18F3N7O3. The number of morpholine rings is 1. The predicted molar refractivity (Wildman–Crippen MR) is 116 cm³/mol. The van der Waals surface area contributed by atoms with E-state index in [1.807, 2.05) is 0 Å². The summed E-state index contributed by atoms with van der Waals surface area (Å²) in [4.78, 5) is 26.2. The van der Waals surface area contributed by atoms with Crippen LogP contribution >= 0.6 is 0 Å². The van der Waals surface area contributed by atoms with Crippen LogP contribution in [0.15, 0.2) is 42.6 Å². The number of nitrogens with zero attached hydrogens (tertiary/aromatic N) is 4. The van der Waals surface area contributed by atoms with Crippen molar-refractivity contribution in [2.45, 2.75) is 6.36 Å². The number of aromatic nitrogens is 5. The maximum absolute atomic E-state index is 12.6. The highest BCUT2D eigenvalue weighted by Crippen LogP contribution is 2.27. The van der Waals surface area contributed by atoms with E-state index in [0.717, 1.165) is 18.9 Å². The number of rotatable bonds is 5. The molecule has 1 aliphatic heterocycles. The number of H-pyrrole nitrogens is 2. The summed E-state index contributed by atoms with van der Waals surface area (Å²) in [6.45, 7) is 2.76. The molecule has 10 nitrogen and oxygen atoms in total. The SMILES string of the molecule is O=C(Nc1cc(-c2nc3ccc(OC(F)(F)F)cc3[nH]2)[nH]n1)c1ccc(N2CCOCC2)nc1. The van der Waals surface area contributed by atoms with Gasteiger partial charge in [0, 0.05) is 31.4 Å². The highest BCUT2D eigenvalue weighted by Gasteiger charge is 2.31. The topological polar surface area (TPSA) is 121 Å². The van der Waals surface area contributed by atoms with Gasteiger partial charge in [0.15, 0.2) is 11.6 Å². The van der Waals surface area contributed by atoms with Gasteiger partial charge in [-0.1, -0.05) is 0 Å². The Labute approximate surface area is 190 Å². The van der Waals surface area contributed by atoms with Gasteiger partial charge in [-0.05, 0) is 24.3 Å². The van der Waals surface area contributed by atoms with Crippen LogP contribution in [0.4, 0.5) is 24.8 Å². The fourth-order valence-electron chi connectivity index (χ4n) is 3.51. The van der Waals surface area contributed by atoms with Gasteiger partial charge in [-0.2, -0.15) is 5.10 Å². The highest BCUT2D eigenvalue weighted by molar-refractivity contribution is 6.03. The number of ether oxygens (including phenoxy) is 2. The van der Waals surface area contributed by atoms with Crippen molar-refractivity contribution in [2.75, 3.05) is 36.5 Å². The first-order chi connectivity index (χ1) is 16.3. The fourth-order valence-corrected chi connectivity index (χ4v) is 3.51. The molecule has 13 heteroatoms. The van der Waals surface area contributed by atoms with E-state index >= 15 is 0 Å². The van der Waals surface area contributed by atoms with Gasteiger partial charge >= 0.3 is 6.36 Å². The molecule has 0 aliphatic carbocycles. The summed E-state index contributed by atoms with van der Waals surface area (Å²) in [6, 6.07) is 8.80. The molecule has 0 atom stereocenters. The third-order valence-corrected chi connectivity index (χ3v) is 5.11. The molecule has 1 aromatic carbocycles. The minimum absolute atomic E-state index is 0.249. The maximum Gasteiger partial charge on any atom is 0.573 e. The monoisotopic (exact) mass is 473 g/mol. The third-order valence-electron chi connectivity index (χ3n) is 5.11. The molecule has 3 aromatic heterocycles. The number of carbonyl (C=O) groups is 1. The molecule has 1 aliphatic rings. The van der Waals surface area contributed by atoms with Gasteiger partial charge in [0.25, 0.3) is 5.91 Å². The zero-order chi connectivity index (χ0) is 23.7. The summed E-state index contributed by atoms with van der Waals surface area (Å²) >= 11 is 0. The Morgan fingerprint density at radius 3 is 2.71 bits per heavy atom. The van der Waals surface area contributed by atoms with E-state index in [4.69, 9.17) is 4.74 Å². The molecule has 0 radical (unpaired) electrons. The molecule has 0 saturated carbocycles. The molecule has 0 bridgehead atoms. The number of nitrogens with one attached hydrogen (secondary N) is 3. The van der Waals surface area contributed by atoms with Crippen molar-refractivity contribution in [2.24, 2.45) is 0 Å². The average Bonchev–Trinajstić information content (AvgIpc) is 3.45. The van der Waals surface area contributed by atoms with E-state index in [2.05, 4.69) is 40.1 Å². The van der Waals surface area contributed by atoms with Crippen LogP contribution in [0.3, 0.4) is 0 Å². The molecule has 1 fully saturated rings.